The van der Waals surface area contributed by atoms with Crippen molar-refractivity contribution >= 4 is 5.91 Å². The molecule has 1 aromatic carbocycles. The summed E-state index contributed by atoms with van der Waals surface area (Å²) in [4.78, 5) is 13.6. The molecule has 6 nitrogen and oxygen atoms in total. The number of nitrogens with zero attached hydrogens (tertiary/aromatic N) is 4. The molecule has 3 rings (SSSR count). The molecule has 6 heteroatoms. The van der Waals surface area contributed by atoms with E-state index in [-0.39, 0.29) is 11.9 Å². The number of rotatable bonds is 6. The monoisotopic (exact) mass is 300 g/mol. The van der Waals surface area contributed by atoms with Gasteiger partial charge in [0.05, 0.1) is 31.9 Å². The fourth-order valence-electron chi connectivity index (χ4n) is 2.64. The Balaban J connectivity index is 1.52. The van der Waals surface area contributed by atoms with Gasteiger partial charge >= 0.3 is 0 Å². The normalized spacial score (nSPS) is 18.1. The standard InChI is InChI=1S/C16H20N4O2/c1-2-19-10-15(8-16(19)21)20-9-14(17-18-20)12-22-11-13-6-4-3-5-7-13/h3-7,9,15H,2,8,10-12H2,1H3/t15-/m1/s1. The van der Waals surface area contributed by atoms with Crippen LogP contribution < -0.4 is 0 Å². The highest BCUT2D eigenvalue weighted by Gasteiger charge is 2.30. The van der Waals surface area contributed by atoms with E-state index in [9.17, 15) is 4.79 Å². The van der Waals surface area contributed by atoms with Gasteiger partial charge in [0.15, 0.2) is 0 Å². The molecule has 0 N–H and O–H groups in total. The molecule has 1 atom stereocenters. The predicted octanol–water partition coefficient (Wildman–Crippen LogP) is 1.79. The lowest BCUT2D eigenvalue weighted by Crippen LogP contribution is -2.24. The Morgan fingerprint density at radius 3 is 2.82 bits per heavy atom. The van der Waals surface area contributed by atoms with Gasteiger partial charge in [0.25, 0.3) is 0 Å². The Kier molecular flexibility index (Phi) is 4.48. The van der Waals surface area contributed by atoms with Crippen molar-refractivity contribution in [2.45, 2.75) is 32.6 Å². The van der Waals surface area contributed by atoms with Crippen molar-refractivity contribution in [3.05, 3.63) is 47.8 Å². The lowest BCUT2D eigenvalue weighted by Gasteiger charge is -2.13. The van der Waals surface area contributed by atoms with Crippen LogP contribution in [0.5, 0.6) is 0 Å². The molecule has 0 saturated carbocycles. The van der Waals surface area contributed by atoms with Crippen molar-refractivity contribution in [3.8, 4) is 0 Å². The molecule has 116 valence electrons. The zero-order chi connectivity index (χ0) is 15.4. The van der Waals surface area contributed by atoms with Crippen molar-refractivity contribution in [2.24, 2.45) is 0 Å². The van der Waals surface area contributed by atoms with Crippen LogP contribution in [0.1, 0.15) is 30.6 Å². The van der Waals surface area contributed by atoms with E-state index in [0.29, 0.717) is 26.2 Å². The van der Waals surface area contributed by atoms with Gasteiger partial charge in [-0.3, -0.25) is 4.79 Å². The Labute approximate surface area is 129 Å². The third-order valence-electron chi connectivity index (χ3n) is 3.87. The Bertz CT molecular complexity index is 626. The number of likely N-dealkylation sites (N-methyl/N-ethyl adjacent to an activating group) is 1. The molecule has 0 aliphatic carbocycles. The quantitative estimate of drug-likeness (QED) is 0.816. The summed E-state index contributed by atoms with van der Waals surface area (Å²) >= 11 is 0. The summed E-state index contributed by atoms with van der Waals surface area (Å²) in [5, 5.41) is 8.26. The largest absolute Gasteiger partial charge is 0.370 e. The minimum absolute atomic E-state index is 0.0859. The number of amides is 1. The van der Waals surface area contributed by atoms with Gasteiger partial charge in [0.2, 0.25) is 5.91 Å². The first kappa shape index (κ1) is 14.7. The maximum Gasteiger partial charge on any atom is 0.224 e. The Morgan fingerprint density at radius 1 is 1.27 bits per heavy atom. The fourth-order valence-corrected chi connectivity index (χ4v) is 2.64. The van der Waals surface area contributed by atoms with E-state index in [0.717, 1.165) is 17.8 Å². The minimum Gasteiger partial charge on any atom is -0.370 e. The van der Waals surface area contributed by atoms with Crippen LogP contribution in [-0.4, -0.2) is 38.9 Å². The van der Waals surface area contributed by atoms with E-state index in [4.69, 9.17) is 4.74 Å². The van der Waals surface area contributed by atoms with Crippen molar-refractivity contribution in [1.82, 2.24) is 19.9 Å². The number of carbonyl (C=O) groups is 1. The highest BCUT2D eigenvalue weighted by Crippen LogP contribution is 2.21. The first-order chi connectivity index (χ1) is 10.8. The minimum atomic E-state index is 0.0859. The molecular formula is C16H20N4O2. The van der Waals surface area contributed by atoms with Crippen molar-refractivity contribution < 1.29 is 9.53 Å². The number of ether oxygens (including phenoxy) is 1. The third-order valence-corrected chi connectivity index (χ3v) is 3.87. The second-order valence-corrected chi connectivity index (χ2v) is 5.46. The van der Waals surface area contributed by atoms with Crippen LogP contribution in [0.4, 0.5) is 0 Å². The van der Waals surface area contributed by atoms with Gasteiger partial charge in [-0.25, -0.2) is 4.68 Å². The lowest BCUT2D eigenvalue weighted by atomic mass is 10.2. The summed E-state index contributed by atoms with van der Waals surface area (Å²) in [7, 11) is 0. The summed E-state index contributed by atoms with van der Waals surface area (Å²) in [5.41, 5.74) is 1.92. The zero-order valence-corrected chi connectivity index (χ0v) is 12.7. The van der Waals surface area contributed by atoms with E-state index in [1.807, 2.05) is 48.4 Å². The van der Waals surface area contributed by atoms with E-state index < -0.39 is 0 Å². The van der Waals surface area contributed by atoms with Gasteiger partial charge in [-0.15, -0.1) is 5.10 Å². The molecule has 0 bridgehead atoms. The van der Waals surface area contributed by atoms with E-state index in [2.05, 4.69) is 10.3 Å². The first-order valence-electron chi connectivity index (χ1n) is 7.56. The van der Waals surface area contributed by atoms with Crippen LogP contribution >= 0.6 is 0 Å². The van der Waals surface area contributed by atoms with Gasteiger partial charge in [-0.05, 0) is 12.5 Å². The Morgan fingerprint density at radius 2 is 2.09 bits per heavy atom. The fraction of sp³-hybridized carbons (Fsp3) is 0.438. The van der Waals surface area contributed by atoms with E-state index in [1.54, 1.807) is 4.68 Å². The van der Waals surface area contributed by atoms with E-state index in [1.165, 1.54) is 0 Å². The molecule has 22 heavy (non-hydrogen) atoms. The van der Waals surface area contributed by atoms with Crippen molar-refractivity contribution in [1.29, 1.82) is 0 Å². The van der Waals surface area contributed by atoms with Crippen LogP contribution in [0, 0.1) is 0 Å². The lowest BCUT2D eigenvalue weighted by molar-refractivity contribution is -0.127. The number of hydrogen-bond donors (Lipinski definition) is 0. The number of carbonyl (C=O) groups excluding carboxylic acids is 1. The van der Waals surface area contributed by atoms with Crippen LogP contribution in [0.3, 0.4) is 0 Å². The van der Waals surface area contributed by atoms with Gasteiger partial charge < -0.3 is 9.64 Å². The summed E-state index contributed by atoms with van der Waals surface area (Å²) < 4.78 is 7.44. The molecule has 1 aromatic heterocycles. The molecule has 1 aliphatic rings. The van der Waals surface area contributed by atoms with Gasteiger partial charge in [-0.1, -0.05) is 35.5 Å². The highest BCUT2D eigenvalue weighted by molar-refractivity contribution is 5.78. The molecular weight excluding hydrogens is 280 g/mol. The van der Waals surface area contributed by atoms with Crippen molar-refractivity contribution in [2.75, 3.05) is 13.1 Å². The first-order valence-corrected chi connectivity index (χ1v) is 7.56. The second-order valence-electron chi connectivity index (χ2n) is 5.46. The topological polar surface area (TPSA) is 60.2 Å². The van der Waals surface area contributed by atoms with Crippen LogP contribution in [-0.2, 0) is 22.7 Å². The number of aromatic nitrogens is 3. The third kappa shape index (κ3) is 3.33. The molecule has 1 fully saturated rings. The number of likely N-dealkylation sites (tertiary alicyclic amines) is 1. The average molecular weight is 300 g/mol. The van der Waals surface area contributed by atoms with E-state index >= 15 is 0 Å². The maximum atomic E-state index is 11.8. The van der Waals surface area contributed by atoms with Crippen molar-refractivity contribution in [3.63, 3.8) is 0 Å². The number of hydrogen-bond acceptors (Lipinski definition) is 4. The summed E-state index contributed by atoms with van der Waals surface area (Å²) in [6, 6.07) is 10.1. The molecule has 0 unspecified atom stereocenters. The second kappa shape index (κ2) is 6.70. The molecule has 1 saturated heterocycles. The predicted molar refractivity (Wildman–Crippen MR) is 80.9 cm³/mol. The summed E-state index contributed by atoms with van der Waals surface area (Å²) in [6.07, 6.45) is 2.38. The van der Waals surface area contributed by atoms with Gasteiger partial charge in [0.1, 0.15) is 5.69 Å². The molecule has 1 amide bonds. The molecule has 2 heterocycles. The number of benzene rings is 1. The molecule has 2 aromatic rings. The average Bonchev–Trinajstić information content (AvgIpc) is 3.15. The van der Waals surface area contributed by atoms with Crippen LogP contribution in [0.2, 0.25) is 0 Å². The van der Waals surface area contributed by atoms with Gasteiger partial charge in [0, 0.05) is 13.1 Å². The summed E-state index contributed by atoms with van der Waals surface area (Å²) in [6.45, 7) is 4.43. The molecule has 1 aliphatic heterocycles. The van der Waals surface area contributed by atoms with Crippen LogP contribution in [0.25, 0.3) is 0 Å². The highest BCUT2D eigenvalue weighted by atomic mass is 16.5. The summed E-state index contributed by atoms with van der Waals surface area (Å²) in [5.74, 6) is 0.185. The van der Waals surface area contributed by atoms with Gasteiger partial charge in [-0.2, -0.15) is 0 Å². The zero-order valence-electron chi connectivity index (χ0n) is 12.7. The molecule has 0 radical (unpaired) electrons. The molecule has 0 spiro atoms. The SMILES string of the molecule is CCN1C[C@H](n2cc(COCc3ccccc3)nn2)CC1=O. The smallest absolute Gasteiger partial charge is 0.224 e. The van der Waals surface area contributed by atoms with Crippen LogP contribution in [0.15, 0.2) is 36.5 Å². The maximum absolute atomic E-state index is 11.8. The Hall–Kier alpha value is -2.21.